The predicted octanol–water partition coefficient (Wildman–Crippen LogP) is 5.38. The van der Waals surface area contributed by atoms with Gasteiger partial charge in [-0.2, -0.15) is 23.4 Å². The Kier molecular flexibility index (Phi) is 8.12. The van der Waals surface area contributed by atoms with E-state index in [0.29, 0.717) is 22.8 Å². The fourth-order valence-electron chi connectivity index (χ4n) is 3.48. The molecular weight excluding hydrogens is 537 g/mol. The Morgan fingerprint density at radius 2 is 1.82 bits per heavy atom. The maximum atomic E-state index is 12.9. The van der Waals surface area contributed by atoms with Gasteiger partial charge in [0.1, 0.15) is 5.69 Å². The van der Waals surface area contributed by atoms with Crippen LogP contribution in [0.15, 0.2) is 78.2 Å². The molecule has 198 valence electrons. The summed E-state index contributed by atoms with van der Waals surface area (Å²) in [5.41, 5.74) is 3.79. The number of halogens is 4. The summed E-state index contributed by atoms with van der Waals surface area (Å²) in [6.45, 7) is 0. The minimum absolute atomic E-state index is 0.169. The number of nitrogens with one attached hydrogen (secondary N) is 1. The summed E-state index contributed by atoms with van der Waals surface area (Å²) in [4.78, 5) is 26.1. The lowest BCUT2D eigenvalue weighted by molar-refractivity contribution is -0.192. The maximum absolute atomic E-state index is 12.9. The monoisotopic (exact) mass is 554 g/mol. The number of hydrogen-bond acceptors (Lipinski definition) is 5. The van der Waals surface area contributed by atoms with Gasteiger partial charge in [-0.1, -0.05) is 35.7 Å². The molecule has 0 aliphatic carbocycles. The Balaban J connectivity index is 0.000000448. The normalized spacial score (nSPS) is 14.3. The van der Waals surface area contributed by atoms with Crippen LogP contribution in [0.1, 0.15) is 29.3 Å². The van der Waals surface area contributed by atoms with E-state index >= 15 is 0 Å². The molecule has 9 nitrogen and oxygen atoms in total. The average molecular weight is 555 g/mol. The lowest BCUT2D eigenvalue weighted by Gasteiger charge is -2.22. The van der Waals surface area contributed by atoms with Crippen LogP contribution in [0.3, 0.4) is 0 Å². The summed E-state index contributed by atoms with van der Waals surface area (Å²) >= 11 is 5.98. The largest absolute Gasteiger partial charge is 0.490 e. The van der Waals surface area contributed by atoms with Crippen molar-refractivity contribution < 1.29 is 27.9 Å². The smallest absolute Gasteiger partial charge is 0.475 e. The topological polar surface area (TPSA) is 112 Å². The first-order valence-corrected chi connectivity index (χ1v) is 11.6. The fourth-order valence-corrected chi connectivity index (χ4v) is 3.60. The van der Waals surface area contributed by atoms with Crippen molar-refractivity contribution in [3.63, 3.8) is 0 Å². The van der Waals surface area contributed by atoms with Crippen LogP contribution in [0.2, 0.25) is 5.02 Å². The van der Waals surface area contributed by atoms with Crippen LogP contribution in [0.25, 0.3) is 5.65 Å². The molecule has 4 aromatic rings. The number of alkyl halides is 3. The Morgan fingerprint density at radius 3 is 2.54 bits per heavy atom. The molecule has 0 radical (unpaired) electrons. The van der Waals surface area contributed by atoms with Crippen molar-refractivity contribution in [2.24, 2.45) is 5.10 Å². The number of imidazole rings is 1. The van der Waals surface area contributed by atoms with Gasteiger partial charge in [-0.05, 0) is 53.9 Å². The van der Waals surface area contributed by atoms with Gasteiger partial charge in [0.25, 0.3) is 0 Å². The Hall–Kier alpha value is -4.89. The molecule has 1 aliphatic heterocycles. The zero-order valence-electron chi connectivity index (χ0n) is 19.8. The summed E-state index contributed by atoms with van der Waals surface area (Å²) < 4.78 is 33.4. The van der Waals surface area contributed by atoms with E-state index in [1.54, 1.807) is 23.1 Å². The summed E-state index contributed by atoms with van der Waals surface area (Å²) in [6.07, 6.45) is 0.677. The lowest BCUT2D eigenvalue weighted by Crippen LogP contribution is -2.31. The number of amides is 2. The van der Waals surface area contributed by atoms with E-state index in [0.717, 1.165) is 16.8 Å². The number of carbonyl (C=O) groups is 2. The van der Waals surface area contributed by atoms with Crippen LogP contribution in [-0.2, 0) is 4.79 Å². The van der Waals surface area contributed by atoms with Gasteiger partial charge >= 0.3 is 18.2 Å². The fraction of sp³-hybridized carbons (Fsp3) is 0.115. The predicted molar refractivity (Wildman–Crippen MR) is 137 cm³/mol. The first-order chi connectivity index (χ1) is 18.6. The van der Waals surface area contributed by atoms with Crippen LogP contribution in [0.5, 0.6) is 0 Å². The van der Waals surface area contributed by atoms with E-state index in [4.69, 9.17) is 21.5 Å². The molecule has 5 rings (SSSR count). The highest BCUT2D eigenvalue weighted by atomic mass is 35.5. The van der Waals surface area contributed by atoms with Crippen LogP contribution in [-0.4, -0.2) is 49.1 Å². The molecule has 2 amide bonds. The Labute approximate surface area is 224 Å². The second-order valence-corrected chi connectivity index (χ2v) is 8.38. The summed E-state index contributed by atoms with van der Waals surface area (Å²) in [6, 6.07) is 18.0. The molecule has 0 saturated heterocycles. The number of fused-ring (bicyclic) bond motifs is 1. The van der Waals surface area contributed by atoms with E-state index in [2.05, 4.69) is 32.3 Å². The third-order valence-corrected chi connectivity index (χ3v) is 5.51. The highest BCUT2D eigenvalue weighted by molar-refractivity contribution is 6.30. The molecule has 2 aromatic heterocycles. The van der Waals surface area contributed by atoms with Gasteiger partial charge in [0.2, 0.25) is 0 Å². The van der Waals surface area contributed by atoms with Crippen molar-refractivity contribution in [2.75, 3.05) is 5.32 Å². The van der Waals surface area contributed by atoms with Gasteiger partial charge in [-0.15, -0.1) is 0 Å². The first kappa shape index (κ1) is 27.2. The third kappa shape index (κ3) is 6.91. The SMILES string of the molecule is O=C(Nc1cccc(C#Cc2cnc3cccnn23)c1)N1N=CCC1c1ccc(Cl)cc1.O=C(O)C(F)(F)F. The molecule has 13 heteroatoms. The number of rotatable bonds is 2. The van der Waals surface area contributed by atoms with E-state index in [9.17, 15) is 18.0 Å². The molecule has 3 heterocycles. The zero-order chi connectivity index (χ0) is 28.0. The number of carboxylic acid groups (broad SMARTS) is 1. The van der Waals surface area contributed by atoms with Crippen molar-refractivity contribution in [1.29, 1.82) is 0 Å². The number of urea groups is 1. The first-order valence-electron chi connectivity index (χ1n) is 11.2. The molecule has 1 aliphatic rings. The third-order valence-electron chi connectivity index (χ3n) is 5.26. The zero-order valence-corrected chi connectivity index (χ0v) is 20.6. The van der Waals surface area contributed by atoms with Crippen LogP contribution >= 0.6 is 11.6 Å². The van der Waals surface area contributed by atoms with Gasteiger partial charge in [0.15, 0.2) is 5.65 Å². The minimum Gasteiger partial charge on any atom is -0.475 e. The molecule has 1 unspecified atom stereocenters. The summed E-state index contributed by atoms with van der Waals surface area (Å²) in [7, 11) is 0. The standard InChI is InChI=1S/C24H17ClN6O.C2HF3O2/c25-19-9-7-18(8-10-19)22-12-14-28-31(22)24(32)29-20-4-1-3-17(15-20)6-11-21-16-26-23-5-2-13-27-30(21)23;3-2(4,5)1(6)7/h1-5,7-10,13-16,22H,12H2,(H,29,32);(H,6,7). The maximum Gasteiger partial charge on any atom is 0.490 e. The second-order valence-electron chi connectivity index (χ2n) is 7.95. The molecular formula is C26H18ClF3N6O3. The lowest BCUT2D eigenvalue weighted by atomic mass is 10.1. The summed E-state index contributed by atoms with van der Waals surface area (Å²) in [5, 5.41) is 20.6. The van der Waals surface area contributed by atoms with Crippen LogP contribution < -0.4 is 5.32 Å². The highest BCUT2D eigenvalue weighted by Crippen LogP contribution is 2.29. The molecule has 1 atom stereocenters. The number of aliphatic carboxylic acids is 1. The number of nitrogens with zero attached hydrogens (tertiary/aromatic N) is 5. The molecule has 39 heavy (non-hydrogen) atoms. The number of carbonyl (C=O) groups excluding carboxylic acids is 1. The van der Waals surface area contributed by atoms with E-state index in [-0.39, 0.29) is 12.1 Å². The van der Waals surface area contributed by atoms with Crippen molar-refractivity contribution in [3.05, 3.63) is 94.9 Å². The average Bonchev–Trinajstić information content (AvgIpc) is 3.56. The van der Waals surface area contributed by atoms with Gasteiger partial charge in [-0.25, -0.2) is 24.1 Å². The quantitative estimate of drug-likeness (QED) is 0.323. The molecule has 0 spiro atoms. The number of benzene rings is 2. The molecule has 2 aromatic carbocycles. The van der Waals surface area contributed by atoms with Crippen LogP contribution in [0.4, 0.5) is 23.7 Å². The number of carboxylic acids is 1. The van der Waals surface area contributed by atoms with Gasteiger partial charge in [0.05, 0.1) is 12.2 Å². The Bertz CT molecular complexity index is 1590. The van der Waals surface area contributed by atoms with Crippen molar-refractivity contribution >= 4 is 41.2 Å². The minimum atomic E-state index is -5.08. The molecule has 0 saturated carbocycles. The second kappa shape index (κ2) is 11.7. The number of aromatic nitrogens is 3. The highest BCUT2D eigenvalue weighted by Gasteiger charge is 2.38. The number of hydrazone groups is 1. The van der Waals surface area contributed by atoms with Crippen molar-refractivity contribution in [2.45, 2.75) is 18.6 Å². The van der Waals surface area contributed by atoms with Gasteiger partial charge in [-0.3, -0.25) is 0 Å². The molecule has 2 N–H and O–H groups in total. The Morgan fingerprint density at radius 1 is 1.08 bits per heavy atom. The molecule has 0 fully saturated rings. The molecule has 0 bridgehead atoms. The number of hydrogen-bond donors (Lipinski definition) is 2. The van der Waals surface area contributed by atoms with Gasteiger partial charge < -0.3 is 10.4 Å². The summed E-state index contributed by atoms with van der Waals surface area (Å²) in [5.74, 6) is 3.43. The van der Waals surface area contributed by atoms with E-state index in [1.165, 1.54) is 5.01 Å². The van der Waals surface area contributed by atoms with Gasteiger partial charge in [0, 0.05) is 35.1 Å². The van der Waals surface area contributed by atoms with Crippen molar-refractivity contribution in [1.82, 2.24) is 19.6 Å². The van der Waals surface area contributed by atoms with E-state index < -0.39 is 12.1 Å². The number of anilines is 1. The van der Waals surface area contributed by atoms with E-state index in [1.807, 2.05) is 60.7 Å². The van der Waals surface area contributed by atoms with Crippen LogP contribution in [0, 0.1) is 11.8 Å². The van der Waals surface area contributed by atoms with Crippen molar-refractivity contribution in [3.8, 4) is 11.8 Å².